The van der Waals surface area contributed by atoms with Crippen molar-refractivity contribution in [1.82, 2.24) is 14.1 Å². The van der Waals surface area contributed by atoms with Gasteiger partial charge in [0.1, 0.15) is 0 Å². The van der Waals surface area contributed by atoms with Crippen molar-refractivity contribution in [2.24, 2.45) is 7.05 Å². The minimum absolute atomic E-state index is 0.00110. The SMILES string of the molecule is Cc1ccc(S(=O)(=O)N(CCc2ccc(Nc3cc(Cl)c(C(F)(F)F)cc3NC(=O)c3cc(C)n(C)n3)cc2)C(=O)[O-])cc1. The predicted molar refractivity (Wildman–Crippen MR) is 156 cm³/mol. The monoisotopic (exact) mass is 648 g/mol. The molecule has 232 valence electrons. The Morgan fingerprint density at radius 3 is 2.18 bits per heavy atom. The van der Waals surface area contributed by atoms with E-state index in [0.717, 1.165) is 17.7 Å². The van der Waals surface area contributed by atoms with Crippen LogP contribution in [-0.2, 0) is 29.7 Å². The highest BCUT2D eigenvalue weighted by Gasteiger charge is 2.34. The van der Waals surface area contributed by atoms with E-state index in [1.807, 2.05) is 0 Å². The highest BCUT2D eigenvalue weighted by Crippen LogP contribution is 2.40. The number of carboxylic acid groups (broad SMARTS) is 1. The van der Waals surface area contributed by atoms with E-state index < -0.39 is 45.3 Å². The Hall–Kier alpha value is -4.56. The summed E-state index contributed by atoms with van der Waals surface area (Å²) < 4.78 is 68.2. The zero-order chi connectivity index (χ0) is 32.4. The van der Waals surface area contributed by atoms with Crippen LogP contribution in [0.2, 0.25) is 5.02 Å². The smallest absolute Gasteiger partial charge is 0.417 e. The zero-order valence-corrected chi connectivity index (χ0v) is 25.1. The van der Waals surface area contributed by atoms with Crippen LogP contribution in [0.3, 0.4) is 0 Å². The maximum atomic E-state index is 13.6. The summed E-state index contributed by atoms with van der Waals surface area (Å²) in [6.45, 7) is 3.06. The van der Waals surface area contributed by atoms with Gasteiger partial charge in [0.2, 0.25) is 0 Å². The second-order valence-corrected chi connectivity index (χ2v) is 12.1. The quantitative estimate of drug-likeness (QED) is 0.252. The number of carbonyl (C=O) groups is 2. The van der Waals surface area contributed by atoms with Crippen molar-refractivity contribution in [2.45, 2.75) is 31.3 Å². The van der Waals surface area contributed by atoms with Crippen LogP contribution in [0.4, 0.5) is 35.0 Å². The van der Waals surface area contributed by atoms with Crippen LogP contribution in [0, 0.1) is 13.8 Å². The fraction of sp³-hybridized carbons (Fsp3) is 0.207. The third-order valence-corrected chi connectivity index (χ3v) is 8.75. The molecule has 3 aromatic carbocycles. The number of aryl methyl sites for hydroxylation is 3. The van der Waals surface area contributed by atoms with E-state index in [0.29, 0.717) is 16.9 Å². The van der Waals surface area contributed by atoms with Gasteiger partial charge >= 0.3 is 6.18 Å². The highest BCUT2D eigenvalue weighted by molar-refractivity contribution is 7.89. The highest BCUT2D eigenvalue weighted by atomic mass is 35.5. The Labute approximate surface area is 256 Å². The molecule has 0 saturated carbocycles. The molecule has 0 bridgehead atoms. The van der Waals surface area contributed by atoms with Crippen molar-refractivity contribution in [3.8, 4) is 0 Å². The lowest BCUT2D eigenvalue weighted by Crippen LogP contribution is -2.45. The van der Waals surface area contributed by atoms with Crippen molar-refractivity contribution in [3.05, 3.63) is 99.8 Å². The molecule has 1 heterocycles. The van der Waals surface area contributed by atoms with Gasteiger partial charge in [-0.1, -0.05) is 41.4 Å². The topological polar surface area (TPSA) is 136 Å². The molecule has 0 unspecified atom stereocenters. The van der Waals surface area contributed by atoms with Gasteiger partial charge < -0.3 is 20.5 Å². The second-order valence-electron chi connectivity index (χ2n) is 9.85. The summed E-state index contributed by atoms with van der Waals surface area (Å²) in [5, 5.41) is 20.5. The minimum atomic E-state index is -4.79. The summed E-state index contributed by atoms with van der Waals surface area (Å²) in [7, 11) is -2.75. The molecule has 4 aromatic rings. The van der Waals surface area contributed by atoms with Gasteiger partial charge in [0.15, 0.2) is 11.8 Å². The van der Waals surface area contributed by atoms with Gasteiger partial charge in [0, 0.05) is 25.0 Å². The second kappa shape index (κ2) is 12.6. The number of nitrogens with zero attached hydrogens (tertiary/aromatic N) is 3. The lowest BCUT2D eigenvalue weighted by atomic mass is 10.1. The average Bonchev–Trinajstić information content (AvgIpc) is 3.28. The molecule has 0 fully saturated rings. The molecule has 2 amide bonds. The first kappa shape index (κ1) is 32.4. The van der Waals surface area contributed by atoms with Crippen LogP contribution in [0.5, 0.6) is 0 Å². The first-order valence-corrected chi connectivity index (χ1v) is 14.8. The molecule has 0 atom stereocenters. The number of nitrogens with one attached hydrogen (secondary N) is 2. The molecule has 0 aliphatic rings. The molecule has 2 N–H and O–H groups in total. The number of alkyl halides is 3. The molecule has 15 heteroatoms. The van der Waals surface area contributed by atoms with Gasteiger partial charge in [-0.05, 0) is 68.3 Å². The number of amides is 2. The molecular weight excluding hydrogens is 623 g/mol. The number of hydrogen-bond acceptors (Lipinski definition) is 7. The molecule has 0 radical (unpaired) electrons. The zero-order valence-electron chi connectivity index (χ0n) is 23.6. The predicted octanol–water partition coefficient (Wildman–Crippen LogP) is 5.28. The van der Waals surface area contributed by atoms with E-state index in [-0.39, 0.29) is 32.7 Å². The van der Waals surface area contributed by atoms with E-state index in [1.54, 1.807) is 57.3 Å². The normalized spacial score (nSPS) is 11.7. The van der Waals surface area contributed by atoms with E-state index in [2.05, 4.69) is 15.7 Å². The van der Waals surface area contributed by atoms with E-state index in [4.69, 9.17) is 11.6 Å². The third kappa shape index (κ3) is 7.32. The Morgan fingerprint density at radius 2 is 1.64 bits per heavy atom. The number of hydrogen-bond donors (Lipinski definition) is 2. The number of rotatable bonds is 9. The number of benzene rings is 3. The fourth-order valence-corrected chi connectivity index (χ4v) is 5.68. The van der Waals surface area contributed by atoms with Crippen LogP contribution in [0.1, 0.15) is 32.9 Å². The summed E-state index contributed by atoms with van der Waals surface area (Å²) in [6, 6.07) is 15.2. The van der Waals surface area contributed by atoms with Crippen LogP contribution >= 0.6 is 11.6 Å². The Kier molecular flexibility index (Phi) is 9.25. The molecule has 44 heavy (non-hydrogen) atoms. The van der Waals surface area contributed by atoms with Crippen LogP contribution in [-0.4, -0.2) is 41.0 Å². The summed E-state index contributed by atoms with van der Waals surface area (Å²) in [4.78, 5) is 24.3. The third-order valence-electron chi connectivity index (χ3n) is 6.66. The van der Waals surface area contributed by atoms with E-state index >= 15 is 0 Å². The molecule has 0 saturated heterocycles. The van der Waals surface area contributed by atoms with Crippen LogP contribution < -0.4 is 15.7 Å². The van der Waals surface area contributed by atoms with Crippen molar-refractivity contribution in [1.29, 1.82) is 0 Å². The van der Waals surface area contributed by atoms with E-state index in [1.165, 1.54) is 22.9 Å². The van der Waals surface area contributed by atoms with Gasteiger partial charge in [-0.3, -0.25) is 13.8 Å². The maximum absolute atomic E-state index is 13.6. The number of sulfonamides is 1. The van der Waals surface area contributed by atoms with E-state index in [9.17, 15) is 36.3 Å². The summed E-state index contributed by atoms with van der Waals surface area (Å²) in [5.74, 6) is -0.736. The van der Waals surface area contributed by atoms with Crippen molar-refractivity contribution in [2.75, 3.05) is 17.2 Å². The van der Waals surface area contributed by atoms with Crippen LogP contribution in [0.15, 0.2) is 71.6 Å². The molecular formula is C29H26ClF3N5O5S-. The fourth-order valence-electron chi connectivity index (χ4n) is 4.14. The molecule has 10 nitrogen and oxygen atoms in total. The molecule has 0 aliphatic heterocycles. The minimum Gasteiger partial charge on any atom is -0.529 e. The van der Waals surface area contributed by atoms with Gasteiger partial charge in [0.05, 0.1) is 26.9 Å². The Bertz CT molecular complexity index is 1790. The first-order valence-electron chi connectivity index (χ1n) is 13.0. The average molecular weight is 649 g/mol. The standard InChI is InChI=1S/C29H27ClF3N5O5S/c1-17-4-10-21(11-5-17)44(42,43)38(28(40)41)13-12-19-6-8-20(9-7-19)34-25-16-23(30)22(29(31,32)33)15-24(25)35-27(39)26-14-18(2)37(3)36-26/h4-11,14-16,34H,12-13H2,1-3H3,(H,35,39)(H,40,41)/p-1. The molecule has 0 spiro atoms. The van der Waals surface area contributed by atoms with Crippen molar-refractivity contribution >= 4 is 50.7 Å². The van der Waals surface area contributed by atoms with Gasteiger partial charge in [-0.2, -0.15) is 18.3 Å². The van der Waals surface area contributed by atoms with Crippen molar-refractivity contribution in [3.63, 3.8) is 0 Å². The Morgan fingerprint density at radius 1 is 1.00 bits per heavy atom. The summed E-state index contributed by atoms with van der Waals surface area (Å²) in [5.41, 5.74) is 1.12. The van der Waals surface area contributed by atoms with Gasteiger partial charge in [0.25, 0.3) is 15.9 Å². The largest absolute Gasteiger partial charge is 0.529 e. The number of halogens is 4. The first-order chi connectivity index (χ1) is 20.6. The lowest BCUT2D eigenvalue weighted by molar-refractivity contribution is -0.259. The number of carbonyl (C=O) groups excluding carboxylic acids is 2. The van der Waals surface area contributed by atoms with Gasteiger partial charge in [-0.15, -0.1) is 0 Å². The molecule has 0 aliphatic carbocycles. The van der Waals surface area contributed by atoms with Gasteiger partial charge in [-0.25, -0.2) is 8.42 Å². The molecule has 4 rings (SSSR count). The van der Waals surface area contributed by atoms with Crippen LogP contribution in [0.25, 0.3) is 0 Å². The number of aromatic nitrogens is 2. The van der Waals surface area contributed by atoms with Crippen molar-refractivity contribution < 1.29 is 36.3 Å². The molecule has 1 aromatic heterocycles. The Balaban J connectivity index is 1.54. The maximum Gasteiger partial charge on any atom is 0.417 e. The lowest BCUT2D eigenvalue weighted by Gasteiger charge is -2.24. The summed E-state index contributed by atoms with van der Waals surface area (Å²) >= 11 is 5.95. The summed E-state index contributed by atoms with van der Waals surface area (Å²) in [6.07, 6.45) is -6.65. The number of anilines is 3.